The predicted molar refractivity (Wildman–Crippen MR) is 82.3 cm³/mol. The van der Waals surface area contributed by atoms with Gasteiger partial charge in [0.05, 0.1) is 4.90 Å². The third-order valence-corrected chi connectivity index (χ3v) is 4.97. The van der Waals surface area contributed by atoms with Crippen LogP contribution in [0.1, 0.15) is 6.92 Å². The largest absolute Gasteiger partial charge is 0.305 e. The molecule has 1 atom stereocenters. The number of sulfonamides is 1. The van der Waals surface area contributed by atoms with Gasteiger partial charge in [-0.15, -0.1) is 0 Å². The Bertz CT molecular complexity index is 691. The number of likely N-dealkylation sites (N-methyl/N-ethyl adjacent to an activating group) is 1. The molecule has 0 fully saturated rings. The van der Waals surface area contributed by atoms with Crippen molar-refractivity contribution < 1.29 is 8.42 Å². The van der Waals surface area contributed by atoms with Gasteiger partial charge in [0.15, 0.2) is 0 Å². The van der Waals surface area contributed by atoms with E-state index in [9.17, 15) is 8.42 Å². The first-order chi connectivity index (χ1) is 9.42. The second-order valence-corrected chi connectivity index (χ2v) is 6.88. The van der Waals surface area contributed by atoms with Crippen LogP contribution in [0.2, 0.25) is 0 Å². The summed E-state index contributed by atoms with van der Waals surface area (Å²) in [7, 11) is 0.363. The minimum Gasteiger partial charge on any atom is -0.305 e. The second kappa shape index (κ2) is 5.91. The van der Waals surface area contributed by atoms with Gasteiger partial charge in [0.2, 0.25) is 10.0 Å². The van der Waals surface area contributed by atoms with Gasteiger partial charge in [-0.1, -0.05) is 36.4 Å². The molecule has 0 radical (unpaired) electrons. The number of hydrogen-bond acceptors (Lipinski definition) is 3. The van der Waals surface area contributed by atoms with Gasteiger partial charge in [-0.25, -0.2) is 13.1 Å². The summed E-state index contributed by atoms with van der Waals surface area (Å²) in [5.41, 5.74) is 0. The monoisotopic (exact) mass is 292 g/mol. The Balaban J connectivity index is 2.33. The molecule has 1 N–H and O–H groups in total. The van der Waals surface area contributed by atoms with Crippen molar-refractivity contribution in [2.45, 2.75) is 17.9 Å². The van der Waals surface area contributed by atoms with Gasteiger partial charge in [0.25, 0.3) is 0 Å². The van der Waals surface area contributed by atoms with Crippen LogP contribution in [0.3, 0.4) is 0 Å². The number of rotatable bonds is 5. The number of hydrogen-bond donors (Lipinski definition) is 1. The molecule has 5 heteroatoms. The van der Waals surface area contributed by atoms with Gasteiger partial charge in [0, 0.05) is 18.0 Å². The minimum atomic E-state index is -3.49. The van der Waals surface area contributed by atoms with Gasteiger partial charge in [-0.3, -0.25) is 0 Å². The van der Waals surface area contributed by atoms with E-state index in [4.69, 9.17) is 0 Å². The fraction of sp³-hybridized carbons (Fsp3) is 0.333. The molecule has 0 heterocycles. The van der Waals surface area contributed by atoms with E-state index in [-0.39, 0.29) is 6.04 Å². The zero-order valence-corrected chi connectivity index (χ0v) is 12.8. The molecule has 0 amide bonds. The van der Waals surface area contributed by atoms with Gasteiger partial charge >= 0.3 is 0 Å². The molecule has 4 nitrogen and oxygen atoms in total. The Hall–Kier alpha value is -1.43. The van der Waals surface area contributed by atoms with Crippen molar-refractivity contribution in [3.05, 3.63) is 42.5 Å². The number of benzene rings is 2. The van der Waals surface area contributed by atoms with Crippen molar-refractivity contribution in [3.8, 4) is 0 Å². The molecule has 0 saturated heterocycles. The number of nitrogens with zero attached hydrogens (tertiary/aromatic N) is 1. The zero-order chi connectivity index (χ0) is 14.8. The lowest BCUT2D eigenvalue weighted by Crippen LogP contribution is -2.38. The van der Waals surface area contributed by atoms with Crippen molar-refractivity contribution in [1.29, 1.82) is 0 Å². The van der Waals surface area contributed by atoms with E-state index in [1.165, 1.54) is 0 Å². The third kappa shape index (κ3) is 3.17. The van der Waals surface area contributed by atoms with Crippen LogP contribution < -0.4 is 4.72 Å². The normalized spacial score (nSPS) is 13.8. The Labute approximate surface area is 120 Å². The SMILES string of the molecule is CC(CNS(=O)(=O)c1cccc2ccccc12)N(C)C. The van der Waals surface area contributed by atoms with Crippen molar-refractivity contribution in [2.75, 3.05) is 20.6 Å². The molecule has 2 rings (SSSR count). The molecule has 2 aromatic rings. The molecule has 0 aliphatic rings. The summed E-state index contributed by atoms with van der Waals surface area (Å²) < 4.78 is 27.6. The van der Waals surface area contributed by atoms with E-state index in [1.807, 2.05) is 56.3 Å². The third-order valence-electron chi connectivity index (χ3n) is 3.49. The van der Waals surface area contributed by atoms with Crippen LogP contribution in [0.15, 0.2) is 47.4 Å². The molecule has 0 bridgehead atoms. The molecule has 0 saturated carbocycles. The fourth-order valence-corrected chi connectivity index (χ4v) is 3.27. The maximum atomic E-state index is 12.4. The van der Waals surface area contributed by atoms with Crippen LogP contribution in [-0.4, -0.2) is 40.0 Å². The Morgan fingerprint density at radius 1 is 1.10 bits per heavy atom. The lowest BCUT2D eigenvalue weighted by molar-refractivity contribution is 0.314. The maximum absolute atomic E-state index is 12.4. The molecule has 0 aromatic heterocycles. The van der Waals surface area contributed by atoms with Gasteiger partial charge in [-0.05, 0) is 32.5 Å². The van der Waals surface area contributed by atoms with Gasteiger partial charge in [0.1, 0.15) is 0 Å². The summed E-state index contributed by atoms with van der Waals surface area (Å²) in [6.07, 6.45) is 0. The molecular weight excluding hydrogens is 272 g/mol. The Morgan fingerprint density at radius 3 is 2.45 bits per heavy atom. The van der Waals surface area contributed by atoms with E-state index >= 15 is 0 Å². The fourth-order valence-electron chi connectivity index (χ4n) is 1.92. The quantitative estimate of drug-likeness (QED) is 0.918. The summed E-state index contributed by atoms with van der Waals surface area (Å²) in [4.78, 5) is 2.31. The van der Waals surface area contributed by atoms with Crippen molar-refractivity contribution in [1.82, 2.24) is 9.62 Å². The molecule has 0 aliphatic heterocycles. The molecular formula is C15H20N2O2S. The van der Waals surface area contributed by atoms with Crippen molar-refractivity contribution in [3.63, 3.8) is 0 Å². The molecule has 2 aromatic carbocycles. The van der Waals surface area contributed by atoms with E-state index in [0.717, 1.165) is 10.8 Å². The van der Waals surface area contributed by atoms with E-state index in [0.29, 0.717) is 11.4 Å². The summed E-state index contributed by atoms with van der Waals surface area (Å²) in [6, 6.07) is 13.0. The lowest BCUT2D eigenvalue weighted by atomic mass is 10.1. The minimum absolute atomic E-state index is 0.139. The van der Waals surface area contributed by atoms with Crippen LogP contribution in [0, 0.1) is 0 Å². The highest BCUT2D eigenvalue weighted by Crippen LogP contribution is 2.22. The first-order valence-corrected chi connectivity index (χ1v) is 8.04. The van der Waals surface area contributed by atoms with Gasteiger partial charge in [-0.2, -0.15) is 0 Å². The highest BCUT2D eigenvalue weighted by Gasteiger charge is 2.18. The average molecular weight is 292 g/mol. The smallest absolute Gasteiger partial charge is 0.241 e. The van der Waals surface area contributed by atoms with E-state index < -0.39 is 10.0 Å². The summed E-state index contributed by atoms with van der Waals surface area (Å²) in [5.74, 6) is 0. The molecule has 0 aliphatic carbocycles. The number of nitrogens with one attached hydrogen (secondary N) is 1. The molecule has 0 spiro atoms. The summed E-state index contributed by atoms with van der Waals surface area (Å²) in [5, 5.41) is 1.68. The van der Waals surface area contributed by atoms with Gasteiger partial charge < -0.3 is 4.90 Å². The van der Waals surface area contributed by atoms with Crippen molar-refractivity contribution >= 4 is 20.8 Å². The van der Waals surface area contributed by atoms with E-state index in [2.05, 4.69) is 4.72 Å². The predicted octanol–water partition coefficient (Wildman–Crippen LogP) is 2.07. The highest BCUT2D eigenvalue weighted by atomic mass is 32.2. The van der Waals surface area contributed by atoms with Crippen LogP contribution in [-0.2, 0) is 10.0 Å². The van der Waals surface area contributed by atoms with Crippen molar-refractivity contribution in [2.24, 2.45) is 0 Å². The van der Waals surface area contributed by atoms with Crippen LogP contribution >= 0.6 is 0 Å². The molecule has 108 valence electrons. The molecule has 1 unspecified atom stereocenters. The summed E-state index contributed by atoms with van der Waals surface area (Å²) in [6.45, 7) is 2.37. The first-order valence-electron chi connectivity index (χ1n) is 6.55. The maximum Gasteiger partial charge on any atom is 0.241 e. The summed E-state index contributed by atoms with van der Waals surface area (Å²) >= 11 is 0. The van der Waals surface area contributed by atoms with Crippen LogP contribution in [0.5, 0.6) is 0 Å². The zero-order valence-electron chi connectivity index (χ0n) is 12.0. The standard InChI is InChI=1S/C15H20N2O2S/c1-12(17(2)3)11-16-20(18,19)15-10-6-8-13-7-4-5-9-14(13)15/h4-10,12,16H,11H2,1-3H3. The van der Waals surface area contributed by atoms with Crippen LogP contribution in [0.4, 0.5) is 0 Å². The first kappa shape index (κ1) is 15.0. The Kier molecular flexibility index (Phi) is 4.42. The molecule has 20 heavy (non-hydrogen) atoms. The second-order valence-electron chi connectivity index (χ2n) is 5.14. The average Bonchev–Trinajstić information content (AvgIpc) is 2.44. The topological polar surface area (TPSA) is 49.4 Å². The Morgan fingerprint density at radius 2 is 1.75 bits per heavy atom. The van der Waals surface area contributed by atoms with E-state index in [1.54, 1.807) is 12.1 Å². The lowest BCUT2D eigenvalue weighted by Gasteiger charge is -2.20. The number of fused-ring (bicyclic) bond motifs is 1. The van der Waals surface area contributed by atoms with Crippen LogP contribution in [0.25, 0.3) is 10.8 Å². The highest BCUT2D eigenvalue weighted by molar-refractivity contribution is 7.89.